The predicted octanol–water partition coefficient (Wildman–Crippen LogP) is 2.45. The summed E-state index contributed by atoms with van der Waals surface area (Å²) in [7, 11) is 2.24. The fourth-order valence-electron chi connectivity index (χ4n) is 2.32. The monoisotopic (exact) mass is 224 g/mol. The van der Waals surface area contributed by atoms with E-state index in [0.717, 1.165) is 12.6 Å². The van der Waals surface area contributed by atoms with Crippen LogP contribution in [-0.2, 0) is 6.54 Å². The Bertz CT molecular complexity index is 276. The third kappa shape index (κ3) is 3.03. The Kier molecular flexibility index (Phi) is 3.78. The van der Waals surface area contributed by atoms with Crippen LogP contribution in [0.4, 0.5) is 0 Å². The molecule has 2 nitrogen and oxygen atoms in total. The second-order valence-electron chi connectivity index (χ2n) is 4.56. The molecule has 0 aromatic carbocycles. The molecule has 84 valence electrons. The summed E-state index contributed by atoms with van der Waals surface area (Å²) in [5.41, 5.74) is 5.92. The first-order valence-electron chi connectivity index (χ1n) is 5.74. The molecule has 0 amide bonds. The van der Waals surface area contributed by atoms with Gasteiger partial charge in [0.15, 0.2) is 0 Å². The molecule has 0 saturated heterocycles. The summed E-state index contributed by atoms with van der Waals surface area (Å²) in [4.78, 5) is 3.95. The summed E-state index contributed by atoms with van der Waals surface area (Å²) >= 11 is 1.85. The van der Waals surface area contributed by atoms with E-state index in [-0.39, 0.29) is 0 Å². The fourth-order valence-corrected chi connectivity index (χ4v) is 3.09. The Morgan fingerprint density at radius 2 is 2.13 bits per heavy atom. The van der Waals surface area contributed by atoms with E-state index < -0.39 is 0 Å². The SMILES string of the molecule is CN(Cc1cccs1)C1CCC(N)CC1. The van der Waals surface area contributed by atoms with Crippen molar-refractivity contribution in [3.05, 3.63) is 22.4 Å². The van der Waals surface area contributed by atoms with Gasteiger partial charge >= 0.3 is 0 Å². The summed E-state index contributed by atoms with van der Waals surface area (Å²) in [6.45, 7) is 1.09. The summed E-state index contributed by atoms with van der Waals surface area (Å²) in [5.74, 6) is 0. The van der Waals surface area contributed by atoms with Crippen LogP contribution in [0.5, 0.6) is 0 Å². The molecular weight excluding hydrogens is 204 g/mol. The summed E-state index contributed by atoms with van der Waals surface area (Å²) in [5, 5.41) is 2.15. The fraction of sp³-hybridized carbons (Fsp3) is 0.667. The highest BCUT2D eigenvalue weighted by Crippen LogP contribution is 2.23. The van der Waals surface area contributed by atoms with Crippen molar-refractivity contribution >= 4 is 11.3 Å². The molecule has 1 aromatic rings. The van der Waals surface area contributed by atoms with Crippen LogP contribution in [0, 0.1) is 0 Å². The maximum absolute atomic E-state index is 5.92. The summed E-state index contributed by atoms with van der Waals surface area (Å²) in [6.07, 6.45) is 4.92. The lowest BCUT2D eigenvalue weighted by Gasteiger charge is -2.33. The highest BCUT2D eigenvalue weighted by molar-refractivity contribution is 7.09. The smallest absolute Gasteiger partial charge is 0.0327 e. The first-order chi connectivity index (χ1) is 7.25. The summed E-state index contributed by atoms with van der Waals surface area (Å²) in [6, 6.07) is 5.55. The molecule has 1 heterocycles. The second kappa shape index (κ2) is 5.10. The van der Waals surface area contributed by atoms with Gasteiger partial charge in [0.2, 0.25) is 0 Å². The molecule has 2 rings (SSSR count). The number of nitrogens with two attached hydrogens (primary N) is 1. The quantitative estimate of drug-likeness (QED) is 0.854. The first-order valence-corrected chi connectivity index (χ1v) is 6.62. The average Bonchev–Trinajstić information content (AvgIpc) is 2.71. The zero-order valence-corrected chi connectivity index (χ0v) is 10.2. The zero-order valence-electron chi connectivity index (χ0n) is 9.36. The molecule has 15 heavy (non-hydrogen) atoms. The van der Waals surface area contributed by atoms with Crippen molar-refractivity contribution in [3.8, 4) is 0 Å². The molecule has 2 N–H and O–H groups in total. The van der Waals surface area contributed by atoms with Crippen LogP contribution in [0.1, 0.15) is 30.6 Å². The van der Waals surface area contributed by atoms with Gasteiger partial charge < -0.3 is 5.73 Å². The van der Waals surface area contributed by atoms with E-state index in [0.29, 0.717) is 6.04 Å². The van der Waals surface area contributed by atoms with Gasteiger partial charge in [-0.3, -0.25) is 4.90 Å². The number of thiophene rings is 1. The van der Waals surface area contributed by atoms with Crippen molar-refractivity contribution in [1.29, 1.82) is 0 Å². The molecule has 1 aliphatic rings. The third-order valence-electron chi connectivity index (χ3n) is 3.35. The molecule has 3 heteroatoms. The molecule has 0 atom stereocenters. The lowest BCUT2D eigenvalue weighted by Crippen LogP contribution is -2.38. The van der Waals surface area contributed by atoms with Crippen LogP contribution in [0.2, 0.25) is 0 Å². The molecule has 1 aliphatic carbocycles. The van der Waals surface area contributed by atoms with Crippen LogP contribution in [0.25, 0.3) is 0 Å². The average molecular weight is 224 g/mol. The van der Waals surface area contributed by atoms with Crippen LogP contribution in [0.15, 0.2) is 17.5 Å². The van der Waals surface area contributed by atoms with E-state index >= 15 is 0 Å². The molecule has 1 fully saturated rings. The van der Waals surface area contributed by atoms with Gasteiger partial charge in [-0.15, -0.1) is 11.3 Å². The number of nitrogens with zero attached hydrogens (tertiary/aromatic N) is 1. The Hall–Kier alpha value is -0.380. The molecule has 0 radical (unpaired) electrons. The van der Waals surface area contributed by atoms with E-state index in [1.165, 1.54) is 30.6 Å². The van der Waals surface area contributed by atoms with Crippen molar-refractivity contribution in [2.24, 2.45) is 5.73 Å². The van der Waals surface area contributed by atoms with Crippen LogP contribution in [-0.4, -0.2) is 24.0 Å². The maximum Gasteiger partial charge on any atom is 0.0327 e. The normalized spacial score (nSPS) is 27.1. The van der Waals surface area contributed by atoms with Crippen molar-refractivity contribution in [2.45, 2.75) is 44.3 Å². The van der Waals surface area contributed by atoms with Gasteiger partial charge in [0, 0.05) is 23.5 Å². The Morgan fingerprint density at radius 1 is 1.40 bits per heavy atom. The minimum atomic E-state index is 0.455. The standard InChI is InChI=1S/C12H20N2S/c1-14(9-12-3-2-8-15-12)11-6-4-10(13)5-7-11/h2-3,8,10-11H,4-7,9,13H2,1H3. The molecule has 1 aromatic heterocycles. The Morgan fingerprint density at radius 3 is 2.73 bits per heavy atom. The largest absolute Gasteiger partial charge is 0.328 e. The maximum atomic E-state index is 5.92. The molecular formula is C12H20N2S. The van der Waals surface area contributed by atoms with Gasteiger partial charge in [-0.1, -0.05) is 6.07 Å². The van der Waals surface area contributed by atoms with Crippen molar-refractivity contribution in [3.63, 3.8) is 0 Å². The second-order valence-corrected chi connectivity index (χ2v) is 5.60. The van der Waals surface area contributed by atoms with Gasteiger partial charge in [0.05, 0.1) is 0 Å². The van der Waals surface area contributed by atoms with E-state index in [9.17, 15) is 0 Å². The molecule has 0 spiro atoms. The van der Waals surface area contributed by atoms with E-state index in [1.54, 1.807) is 0 Å². The zero-order chi connectivity index (χ0) is 10.7. The highest BCUT2D eigenvalue weighted by atomic mass is 32.1. The van der Waals surface area contributed by atoms with Crippen molar-refractivity contribution in [2.75, 3.05) is 7.05 Å². The van der Waals surface area contributed by atoms with Crippen molar-refractivity contribution < 1.29 is 0 Å². The number of hydrogen-bond acceptors (Lipinski definition) is 3. The van der Waals surface area contributed by atoms with Crippen LogP contribution >= 0.6 is 11.3 Å². The van der Waals surface area contributed by atoms with Gasteiger partial charge in [0.25, 0.3) is 0 Å². The van der Waals surface area contributed by atoms with E-state index in [2.05, 4.69) is 29.5 Å². The molecule has 0 aliphatic heterocycles. The molecule has 1 saturated carbocycles. The topological polar surface area (TPSA) is 29.3 Å². The predicted molar refractivity (Wildman–Crippen MR) is 66.0 cm³/mol. The Labute approximate surface area is 96.1 Å². The minimum absolute atomic E-state index is 0.455. The first kappa shape index (κ1) is 11.1. The van der Waals surface area contributed by atoms with Crippen LogP contribution in [0.3, 0.4) is 0 Å². The summed E-state index contributed by atoms with van der Waals surface area (Å²) < 4.78 is 0. The molecule has 0 bridgehead atoms. The highest BCUT2D eigenvalue weighted by Gasteiger charge is 2.21. The van der Waals surface area contributed by atoms with Gasteiger partial charge in [-0.25, -0.2) is 0 Å². The van der Waals surface area contributed by atoms with Gasteiger partial charge in [0.1, 0.15) is 0 Å². The van der Waals surface area contributed by atoms with Gasteiger partial charge in [-0.2, -0.15) is 0 Å². The number of rotatable bonds is 3. The van der Waals surface area contributed by atoms with E-state index in [1.807, 2.05) is 11.3 Å². The van der Waals surface area contributed by atoms with Crippen LogP contribution < -0.4 is 5.73 Å². The number of hydrogen-bond donors (Lipinski definition) is 1. The lowest BCUT2D eigenvalue weighted by atomic mass is 9.91. The van der Waals surface area contributed by atoms with Gasteiger partial charge in [-0.05, 0) is 44.2 Å². The van der Waals surface area contributed by atoms with E-state index in [4.69, 9.17) is 5.73 Å². The Balaban J connectivity index is 1.83. The third-order valence-corrected chi connectivity index (χ3v) is 4.21. The lowest BCUT2D eigenvalue weighted by molar-refractivity contribution is 0.177. The minimum Gasteiger partial charge on any atom is -0.328 e. The van der Waals surface area contributed by atoms with Crippen molar-refractivity contribution in [1.82, 2.24) is 4.90 Å². The molecule has 0 unspecified atom stereocenters.